The normalized spacial score (nSPS) is 11.4. The summed E-state index contributed by atoms with van der Waals surface area (Å²) in [7, 11) is 0. The van der Waals surface area contributed by atoms with Crippen LogP contribution in [-0.2, 0) is 16.0 Å². The summed E-state index contributed by atoms with van der Waals surface area (Å²) >= 11 is 0. The molecular formula is C17H16F3NO2. The first kappa shape index (κ1) is 17.0. The Balaban J connectivity index is 2.51. The number of hydrogen-bond acceptors (Lipinski definition) is 3. The van der Waals surface area contributed by atoms with Crippen molar-refractivity contribution in [2.24, 2.45) is 0 Å². The van der Waals surface area contributed by atoms with Gasteiger partial charge in [0, 0.05) is 23.4 Å². The maximum absolute atomic E-state index is 14.2. The molecule has 3 nitrogen and oxygen atoms in total. The molecule has 2 aromatic rings. The summed E-state index contributed by atoms with van der Waals surface area (Å²) in [5.74, 6) is -4.34. The predicted octanol–water partition coefficient (Wildman–Crippen LogP) is 4.05. The van der Waals surface area contributed by atoms with Crippen LogP contribution < -0.4 is 0 Å². The Labute approximate surface area is 132 Å². The summed E-state index contributed by atoms with van der Waals surface area (Å²) in [6.45, 7) is 4.98. The molecule has 6 heteroatoms. The van der Waals surface area contributed by atoms with Crippen LogP contribution in [0.15, 0.2) is 30.5 Å². The first-order valence-electron chi connectivity index (χ1n) is 6.98. The lowest BCUT2D eigenvalue weighted by Gasteiger charge is -2.20. The number of benzene rings is 1. The molecule has 0 aliphatic rings. The van der Waals surface area contributed by atoms with Crippen molar-refractivity contribution in [3.8, 4) is 11.3 Å². The van der Waals surface area contributed by atoms with Gasteiger partial charge in [-0.05, 0) is 32.9 Å². The van der Waals surface area contributed by atoms with Gasteiger partial charge < -0.3 is 4.74 Å². The number of carbonyl (C=O) groups is 1. The number of ether oxygens (including phenoxy) is 1. The number of pyridine rings is 1. The average molecular weight is 323 g/mol. The van der Waals surface area contributed by atoms with Gasteiger partial charge in [-0.25, -0.2) is 13.2 Å². The molecule has 0 aliphatic carbocycles. The fourth-order valence-corrected chi connectivity index (χ4v) is 2.11. The lowest BCUT2D eigenvalue weighted by Crippen LogP contribution is -2.25. The highest BCUT2D eigenvalue weighted by atomic mass is 19.2. The zero-order chi connectivity index (χ0) is 17.2. The van der Waals surface area contributed by atoms with E-state index in [4.69, 9.17) is 4.74 Å². The minimum atomic E-state index is -1.34. The smallest absolute Gasteiger partial charge is 0.310 e. The van der Waals surface area contributed by atoms with Crippen LogP contribution in [0.3, 0.4) is 0 Å². The summed E-state index contributed by atoms with van der Waals surface area (Å²) < 4.78 is 47.0. The van der Waals surface area contributed by atoms with Gasteiger partial charge in [-0.1, -0.05) is 6.07 Å². The third-order valence-electron chi connectivity index (χ3n) is 2.93. The third-order valence-corrected chi connectivity index (χ3v) is 2.93. The van der Waals surface area contributed by atoms with Gasteiger partial charge in [0.2, 0.25) is 0 Å². The van der Waals surface area contributed by atoms with Crippen molar-refractivity contribution < 1.29 is 22.7 Å². The molecule has 1 heterocycles. The number of aromatic nitrogens is 1. The van der Waals surface area contributed by atoms with Gasteiger partial charge in [-0.15, -0.1) is 0 Å². The van der Waals surface area contributed by atoms with E-state index in [1.807, 2.05) is 0 Å². The second-order valence-corrected chi connectivity index (χ2v) is 5.99. The minimum Gasteiger partial charge on any atom is -0.460 e. The Morgan fingerprint density at radius 2 is 1.87 bits per heavy atom. The van der Waals surface area contributed by atoms with Crippen molar-refractivity contribution in [3.63, 3.8) is 0 Å². The van der Waals surface area contributed by atoms with Crippen LogP contribution in [0.1, 0.15) is 26.3 Å². The van der Waals surface area contributed by atoms with Crippen LogP contribution in [0.2, 0.25) is 0 Å². The summed E-state index contributed by atoms with van der Waals surface area (Å²) in [5, 5.41) is 0. The van der Waals surface area contributed by atoms with E-state index in [1.165, 1.54) is 12.3 Å². The molecule has 1 aromatic carbocycles. The van der Waals surface area contributed by atoms with Crippen molar-refractivity contribution in [1.82, 2.24) is 4.98 Å². The molecule has 0 amide bonds. The van der Waals surface area contributed by atoms with Crippen LogP contribution in [0.5, 0.6) is 0 Å². The summed E-state index contributed by atoms with van der Waals surface area (Å²) in [4.78, 5) is 15.8. The Bertz CT molecular complexity index is 725. The number of nitrogens with zero attached hydrogens (tertiary/aromatic N) is 1. The van der Waals surface area contributed by atoms with E-state index in [0.717, 1.165) is 0 Å². The van der Waals surface area contributed by atoms with Crippen LogP contribution in [-0.4, -0.2) is 16.6 Å². The molecule has 122 valence electrons. The molecule has 23 heavy (non-hydrogen) atoms. The third kappa shape index (κ3) is 4.09. The lowest BCUT2D eigenvalue weighted by molar-refractivity contribution is -0.153. The maximum Gasteiger partial charge on any atom is 0.310 e. The highest BCUT2D eigenvalue weighted by Crippen LogP contribution is 2.30. The monoisotopic (exact) mass is 323 g/mol. The van der Waals surface area contributed by atoms with E-state index in [9.17, 15) is 18.0 Å². The Morgan fingerprint density at radius 3 is 2.43 bits per heavy atom. The standard InChI is InChI=1S/C17H16F3NO2/c1-17(2,3)23-14(22)8-10-11(18)9-12(19)16(20)15(10)13-6-4-5-7-21-13/h4-7,9H,8H2,1-3H3. The fraction of sp³-hybridized carbons (Fsp3) is 0.294. The van der Waals surface area contributed by atoms with Crippen molar-refractivity contribution in [2.45, 2.75) is 32.8 Å². The highest BCUT2D eigenvalue weighted by molar-refractivity contribution is 5.77. The Kier molecular flexibility index (Phi) is 4.73. The molecule has 0 unspecified atom stereocenters. The molecule has 1 aromatic heterocycles. The van der Waals surface area contributed by atoms with Gasteiger partial charge in [0.25, 0.3) is 0 Å². The quantitative estimate of drug-likeness (QED) is 0.632. The van der Waals surface area contributed by atoms with Crippen LogP contribution in [0.4, 0.5) is 13.2 Å². The number of rotatable bonds is 3. The van der Waals surface area contributed by atoms with Gasteiger partial charge in [0.05, 0.1) is 12.1 Å². The van der Waals surface area contributed by atoms with E-state index in [0.29, 0.717) is 6.07 Å². The van der Waals surface area contributed by atoms with Gasteiger partial charge in [-0.3, -0.25) is 9.78 Å². The van der Waals surface area contributed by atoms with Crippen LogP contribution in [0.25, 0.3) is 11.3 Å². The topological polar surface area (TPSA) is 39.2 Å². The van der Waals surface area contributed by atoms with E-state index >= 15 is 0 Å². The van der Waals surface area contributed by atoms with Crippen molar-refractivity contribution in [3.05, 3.63) is 53.5 Å². The van der Waals surface area contributed by atoms with E-state index in [2.05, 4.69) is 4.98 Å². The fourth-order valence-electron chi connectivity index (χ4n) is 2.11. The Hall–Kier alpha value is -2.37. The number of esters is 1. The van der Waals surface area contributed by atoms with Crippen molar-refractivity contribution in [2.75, 3.05) is 0 Å². The molecule has 0 atom stereocenters. The van der Waals surface area contributed by atoms with Crippen molar-refractivity contribution in [1.29, 1.82) is 0 Å². The second-order valence-electron chi connectivity index (χ2n) is 5.99. The second kappa shape index (κ2) is 6.40. The first-order valence-corrected chi connectivity index (χ1v) is 6.98. The molecule has 0 radical (unpaired) electrons. The summed E-state index contributed by atoms with van der Waals surface area (Å²) in [6.07, 6.45) is 0.848. The highest BCUT2D eigenvalue weighted by Gasteiger charge is 2.25. The SMILES string of the molecule is CC(C)(C)OC(=O)Cc1c(F)cc(F)c(F)c1-c1ccccn1. The molecule has 0 aliphatic heterocycles. The molecule has 0 saturated heterocycles. The number of hydrogen-bond donors (Lipinski definition) is 0. The van der Waals surface area contributed by atoms with Crippen LogP contribution >= 0.6 is 0 Å². The predicted molar refractivity (Wildman–Crippen MR) is 79.1 cm³/mol. The number of carbonyl (C=O) groups excluding carboxylic acids is 1. The molecule has 0 saturated carbocycles. The number of halogens is 3. The van der Waals surface area contributed by atoms with Crippen LogP contribution in [0, 0.1) is 17.5 Å². The first-order chi connectivity index (χ1) is 10.7. The Morgan fingerprint density at radius 1 is 1.17 bits per heavy atom. The average Bonchev–Trinajstić information content (AvgIpc) is 2.44. The van der Waals surface area contributed by atoms with Gasteiger partial charge in [-0.2, -0.15) is 0 Å². The molecule has 0 spiro atoms. The zero-order valence-electron chi connectivity index (χ0n) is 13.0. The molecular weight excluding hydrogens is 307 g/mol. The lowest BCUT2D eigenvalue weighted by atomic mass is 9.99. The molecule has 0 bridgehead atoms. The zero-order valence-corrected chi connectivity index (χ0v) is 13.0. The maximum atomic E-state index is 14.2. The van der Waals surface area contributed by atoms with E-state index in [-0.39, 0.29) is 16.8 Å². The van der Waals surface area contributed by atoms with E-state index < -0.39 is 35.4 Å². The van der Waals surface area contributed by atoms with Gasteiger partial charge >= 0.3 is 5.97 Å². The minimum absolute atomic E-state index is 0.0435. The van der Waals surface area contributed by atoms with E-state index in [1.54, 1.807) is 32.9 Å². The van der Waals surface area contributed by atoms with Gasteiger partial charge in [0.1, 0.15) is 11.4 Å². The van der Waals surface area contributed by atoms with Gasteiger partial charge in [0.15, 0.2) is 11.6 Å². The molecule has 0 N–H and O–H groups in total. The molecule has 0 fully saturated rings. The summed E-state index contributed by atoms with van der Waals surface area (Å²) in [5.41, 5.74) is -1.37. The van der Waals surface area contributed by atoms with Crippen molar-refractivity contribution >= 4 is 5.97 Å². The summed E-state index contributed by atoms with van der Waals surface area (Å²) in [6, 6.07) is 4.98. The largest absolute Gasteiger partial charge is 0.460 e. The molecule has 2 rings (SSSR count).